The van der Waals surface area contributed by atoms with Gasteiger partial charge in [0.1, 0.15) is 0 Å². The maximum Gasteiger partial charge on any atom is 0.311 e. The second-order valence-corrected chi connectivity index (χ2v) is 8.23. The van der Waals surface area contributed by atoms with Crippen molar-refractivity contribution in [1.29, 1.82) is 0 Å². The fourth-order valence-electron chi connectivity index (χ4n) is 3.79. The molecule has 3 heterocycles. The van der Waals surface area contributed by atoms with Gasteiger partial charge in [0.25, 0.3) is 5.91 Å². The van der Waals surface area contributed by atoms with Gasteiger partial charge in [0.15, 0.2) is 12.4 Å². The van der Waals surface area contributed by atoms with Gasteiger partial charge in [-0.2, -0.15) is 0 Å². The van der Waals surface area contributed by atoms with Crippen molar-refractivity contribution < 1.29 is 23.9 Å². The first-order chi connectivity index (χ1) is 13.8. The second-order valence-electron chi connectivity index (χ2n) is 7.28. The van der Waals surface area contributed by atoms with Gasteiger partial charge in [-0.1, -0.05) is 6.07 Å². The lowest BCUT2D eigenvalue weighted by Crippen LogP contribution is -2.42. The number of nitrogens with zero attached hydrogens (tertiary/aromatic N) is 1. The maximum atomic E-state index is 12.5. The summed E-state index contributed by atoms with van der Waals surface area (Å²) in [6.07, 6.45) is 1.33. The van der Waals surface area contributed by atoms with Gasteiger partial charge in [0.05, 0.1) is 16.5 Å². The van der Waals surface area contributed by atoms with Crippen LogP contribution in [-0.4, -0.2) is 53.0 Å². The molecule has 8 heteroatoms. The Bertz CT molecular complexity index is 945. The van der Waals surface area contributed by atoms with Crippen LogP contribution >= 0.6 is 11.3 Å². The summed E-state index contributed by atoms with van der Waals surface area (Å²) in [7, 11) is 0. The fourth-order valence-corrected chi connectivity index (χ4v) is 4.48. The molecular weight excluding hydrogens is 392 g/mol. The van der Waals surface area contributed by atoms with E-state index in [1.54, 1.807) is 24.8 Å². The van der Waals surface area contributed by atoms with Crippen LogP contribution in [0.1, 0.15) is 61.5 Å². The molecule has 3 rings (SSSR count). The average Bonchev–Trinajstić information content (AvgIpc) is 3.33. The molecule has 0 saturated carbocycles. The zero-order chi connectivity index (χ0) is 21.1. The Morgan fingerprint density at radius 1 is 1.28 bits per heavy atom. The summed E-state index contributed by atoms with van der Waals surface area (Å²) in [5.41, 5.74) is 1.98. The van der Waals surface area contributed by atoms with Crippen LogP contribution in [0.15, 0.2) is 17.5 Å². The summed E-state index contributed by atoms with van der Waals surface area (Å²) < 4.78 is 5.25. The molecule has 1 saturated heterocycles. The Hall–Kier alpha value is -2.74. The van der Waals surface area contributed by atoms with Crippen LogP contribution in [0.4, 0.5) is 0 Å². The Morgan fingerprint density at radius 3 is 2.66 bits per heavy atom. The van der Waals surface area contributed by atoms with Gasteiger partial charge in [0.2, 0.25) is 5.78 Å². The molecule has 1 unspecified atom stereocenters. The van der Waals surface area contributed by atoms with Gasteiger partial charge in [-0.3, -0.25) is 19.2 Å². The third-order valence-corrected chi connectivity index (χ3v) is 6.05. The number of H-pyrrole nitrogens is 1. The van der Waals surface area contributed by atoms with E-state index in [4.69, 9.17) is 4.74 Å². The van der Waals surface area contributed by atoms with E-state index in [1.165, 1.54) is 18.3 Å². The largest absolute Gasteiger partial charge is 0.457 e. The molecule has 0 aromatic carbocycles. The molecule has 0 aliphatic carbocycles. The van der Waals surface area contributed by atoms with Crippen LogP contribution in [0, 0.1) is 19.8 Å². The smallest absolute Gasteiger partial charge is 0.311 e. The van der Waals surface area contributed by atoms with Crippen molar-refractivity contribution in [2.24, 2.45) is 5.92 Å². The highest BCUT2D eigenvalue weighted by atomic mass is 32.1. The Balaban J connectivity index is 1.59. The summed E-state index contributed by atoms with van der Waals surface area (Å²) in [5.74, 6) is -1.50. The molecule has 7 nitrogen and oxygen atoms in total. The molecule has 1 N–H and O–H groups in total. The molecule has 154 valence electrons. The maximum absolute atomic E-state index is 12.5. The fraction of sp³-hybridized carbons (Fsp3) is 0.429. The van der Waals surface area contributed by atoms with E-state index in [0.717, 1.165) is 0 Å². The minimum absolute atomic E-state index is 0.0807. The van der Waals surface area contributed by atoms with Crippen molar-refractivity contribution in [1.82, 2.24) is 9.88 Å². The van der Waals surface area contributed by atoms with Crippen LogP contribution in [-0.2, 0) is 9.53 Å². The van der Waals surface area contributed by atoms with E-state index in [0.29, 0.717) is 53.3 Å². The number of amides is 1. The number of esters is 1. The number of hydrogen-bond donors (Lipinski definition) is 1. The summed E-state index contributed by atoms with van der Waals surface area (Å²) in [6.45, 7) is 5.38. The minimum atomic E-state index is -0.477. The molecule has 1 amide bonds. The van der Waals surface area contributed by atoms with E-state index in [9.17, 15) is 19.2 Å². The molecule has 0 spiro atoms. The zero-order valence-corrected chi connectivity index (χ0v) is 17.6. The number of carbonyl (C=O) groups is 4. The number of nitrogens with one attached hydrogen (secondary N) is 1. The van der Waals surface area contributed by atoms with E-state index < -0.39 is 18.5 Å². The number of likely N-dealkylation sites (tertiary alicyclic amines) is 1. The number of aromatic nitrogens is 1. The number of ketones is 2. The van der Waals surface area contributed by atoms with E-state index in [2.05, 4.69) is 4.98 Å². The lowest BCUT2D eigenvalue weighted by Gasteiger charge is -2.31. The van der Waals surface area contributed by atoms with Gasteiger partial charge >= 0.3 is 5.97 Å². The highest BCUT2D eigenvalue weighted by Gasteiger charge is 2.31. The summed E-state index contributed by atoms with van der Waals surface area (Å²) in [4.78, 5) is 54.4. The summed E-state index contributed by atoms with van der Waals surface area (Å²) >= 11 is 1.37. The second kappa shape index (κ2) is 8.73. The highest BCUT2D eigenvalue weighted by Crippen LogP contribution is 2.22. The van der Waals surface area contributed by atoms with Crippen LogP contribution in [0.2, 0.25) is 0 Å². The molecule has 1 aliphatic heterocycles. The standard InChI is InChI=1S/C21H24N2O5S/c1-12-18(14(3)24)13(2)22-19(12)16(25)11-28-21(27)15-6-4-8-23(10-15)20(26)17-7-5-9-29-17/h5,7,9,15,22H,4,6,8,10-11H2,1-3H3. The number of piperidine rings is 1. The van der Waals surface area contributed by atoms with E-state index >= 15 is 0 Å². The Labute approximate surface area is 173 Å². The quantitative estimate of drug-likeness (QED) is 0.576. The van der Waals surface area contributed by atoms with Crippen LogP contribution in [0.25, 0.3) is 0 Å². The number of aryl methyl sites for hydroxylation is 1. The van der Waals surface area contributed by atoms with Gasteiger partial charge in [-0.05, 0) is 50.6 Å². The van der Waals surface area contributed by atoms with Crippen LogP contribution < -0.4 is 0 Å². The summed E-state index contributed by atoms with van der Waals surface area (Å²) in [6, 6.07) is 3.59. The Morgan fingerprint density at radius 2 is 2.03 bits per heavy atom. The van der Waals surface area contributed by atoms with Gasteiger partial charge in [0, 0.05) is 24.3 Å². The van der Waals surface area contributed by atoms with E-state index in [-0.39, 0.29) is 17.5 Å². The van der Waals surface area contributed by atoms with Crippen LogP contribution in [0.3, 0.4) is 0 Å². The Kier molecular flexibility index (Phi) is 6.32. The van der Waals surface area contributed by atoms with Crippen molar-refractivity contribution in [2.45, 2.75) is 33.6 Å². The van der Waals surface area contributed by atoms with Gasteiger partial charge in [-0.25, -0.2) is 0 Å². The first kappa shape index (κ1) is 21.0. The number of rotatable bonds is 6. The zero-order valence-electron chi connectivity index (χ0n) is 16.7. The lowest BCUT2D eigenvalue weighted by atomic mass is 9.98. The van der Waals surface area contributed by atoms with Crippen molar-refractivity contribution in [3.63, 3.8) is 0 Å². The molecule has 29 heavy (non-hydrogen) atoms. The third-order valence-electron chi connectivity index (χ3n) is 5.19. The number of thiophene rings is 1. The number of ether oxygens (including phenoxy) is 1. The minimum Gasteiger partial charge on any atom is -0.457 e. The molecule has 1 atom stereocenters. The number of Topliss-reactive ketones (excluding diaryl/α,β-unsaturated/α-hetero) is 2. The van der Waals surface area contributed by atoms with Crippen molar-refractivity contribution >= 4 is 34.8 Å². The summed E-state index contributed by atoms with van der Waals surface area (Å²) in [5, 5.41) is 1.84. The average molecular weight is 416 g/mol. The molecule has 2 aromatic rings. The third kappa shape index (κ3) is 4.48. The topological polar surface area (TPSA) is 96.5 Å². The molecule has 0 bridgehead atoms. The SMILES string of the molecule is CC(=O)c1c(C)[nH]c(C(=O)COC(=O)C2CCCN(C(=O)c3cccs3)C2)c1C. The lowest BCUT2D eigenvalue weighted by molar-refractivity contribution is -0.148. The van der Waals surface area contributed by atoms with Crippen LogP contribution in [0.5, 0.6) is 0 Å². The first-order valence-electron chi connectivity index (χ1n) is 9.52. The normalized spacial score (nSPS) is 16.5. The van der Waals surface area contributed by atoms with Crippen molar-refractivity contribution in [3.8, 4) is 0 Å². The molecular formula is C21H24N2O5S. The molecule has 0 radical (unpaired) electrons. The predicted octanol–water partition coefficient (Wildman–Crippen LogP) is 3.17. The van der Waals surface area contributed by atoms with E-state index in [1.807, 2.05) is 11.4 Å². The molecule has 1 fully saturated rings. The van der Waals surface area contributed by atoms with Crippen molar-refractivity contribution in [2.75, 3.05) is 19.7 Å². The van der Waals surface area contributed by atoms with Gasteiger partial charge in [-0.15, -0.1) is 11.3 Å². The number of hydrogen-bond acceptors (Lipinski definition) is 6. The molecule has 1 aliphatic rings. The highest BCUT2D eigenvalue weighted by molar-refractivity contribution is 7.12. The van der Waals surface area contributed by atoms with Gasteiger partial charge < -0.3 is 14.6 Å². The number of aromatic amines is 1. The predicted molar refractivity (Wildman–Crippen MR) is 109 cm³/mol. The monoisotopic (exact) mass is 416 g/mol. The molecule has 2 aromatic heterocycles. The first-order valence-corrected chi connectivity index (χ1v) is 10.4. The number of carbonyl (C=O) groups excluding carboxylic acids is 4. The van der Waals surface area contributed by atoms with Crippen molar-refractivity contribution in [3.05, 3.63) is 44.9 Å².